The van der Waals surface area contributed by atoms with Gasteiger partial charge in [0, 0.05) is 16.9 Å². The van der Waals surface area contributed by atoms with Gasteiger partial charge in [-0.3, -0.25) is 4.79 Å². The minimum atomic E-state index is -0.656. The lowest BCUT2D eigenvalue weighted by atomic mass is 10.1. The predicted octanol–water partition coefficient (Wildman–Crippen LogP) is 3.89. The fourth-order valence-electron chi connectivity index (χ4n) is 2.13. The summed E-state index contributed by atoms with van der Waals surface area (Å²) in [7, 11) is 1.25. The number of benzene rings is 2. The van der Waals surface area contributed by atoms with E-state index in [2.05, 4.69) is 15.4 Å². The van der Waals surface area contributed by atoms with E-state index in [1.165, 1.54) is 19.4 Å². The Hall–Kier alpha value is -3.30. The van der Waals surface area contributed by atoms with Crippen molar-refractivity contribution in [3.05, 3.63) is 70.4 Å². The van der Waals surface area contributed by atoms with Crippen LogP contribution in [-0.2, 0) is 9.53 Å². The van der Waals surface area contributed by atoms with Crippen LogP contribution in [0.25, 0.3) is 0 Å². The summed E-state index contributed by atoms with van der Waals surface area (Å²) in [5.74, 6) is -1.24. The molecule has 0 atom stereocenters. The van der Waals surface area contributed by atoms with E-state index >= 15 is 0 Å². The molecule has 2 aromatic rings. The van der Waals surface area contributed by atoms with E-state index in [0.29, 0.717) is 10.7 Å². The molecule has 26 heavy (non-hydrogen) atoms. The number of carbonyl (C=O) groups excluding carboxylic acids is 2. The number of para-hydroxylation sites is 1. The number of methoxy groups -OCH3 is 1. The Balaban J connectivity index is 2.21. The van der Waals surface area contributed by atoms with Crippen LogP contribution in [0.1, 0.15) is 15.9 Å². The van der Waals surface area contributed by atoms with E-state index in [1.54, 1.807) is 36.4 Å². The summed E-state index contributed by atoms with van der Waals surface area (Å²) in [5.41, 5.74) is 1.75. The van der Waals surface area contributed by atoms with Crippen molar-refractivity contribution in [2.45, 2.75) is 6.92 Å². The Kier molecular flexibility index (Phi) is 6.36. The number of hydrogen-bond donors (Lipinski definition) is 2. The van der Waals surface area contributed by atoms with Crippen LogP contribution in [0.5, 0.6) is 0 Å². The first-order valence-corrected chi connectivity index (χ1v) is 7.96. The van der Waals surface area contributed by atoms with Crippen molar-refractivity contribution in [1.29, 1.82) is 5.26 Å². The SMILES string of the molecule is COC(=O)c1ccccc1NC(=O)/C(C#N)=C\Nc1cccc(Cl)c1C. The zero-order valence-corrected chi connectivity index (χ0v) is 14.9. The molecule has 0 saturated heterocycles. The molecular weight excluding hydrogens is 354 g/mol. The first-order valence-electron chi connectivity index (χ1n) is 7.58. The van der Waals surface area contributed by atoms with Gasteiger partial charge in [-0.2, -0.15) is 5.26 Å². The molecule has 6 nitrogen and oxygen atoms in total. The summed E-state index contributed by atoms with van der Waals surface area (Å²) in [6, 6.07) is 13.5. The first kappa shape index (κ1) is 19.0. The van der Waals surface area contributed by atoms with Gasteiger partial charge in [0.1, 0.15) is 11.6 Å². The second kappa shape index (κ2) is 8.70. The number of amides is 1. The maximum atomic E-state index is 12.4. The number of rotatable bonds is 5. The van der Waals surface area contributed by atoms with Crippen LogP contribution < -0.4 is 10.6 Å². The van der Waals surface area contributed by atoms with Crippen LogP contribution in [0, 0.1) is 18.3 Å². The number of nitriles is 1. The van der Waals surface area contributed by atoms with Gasteiger partial charge in [0.2, 0.25) is 0 Å². The largest absolute Gasteiger partial charge is 0.465 e. The molecule has 0 saturated carbocycles. The van der Waals surface area contributed by atoms with Gasteiger partial charge in [-0.25, -0.2) is 4.79 Å². The zero-order valence-electron chi connectivity index (χ0n) is 14.2. The fourth-order valence-corrected chi connectivity index (χ4v) is 2.31. The fraction of sp³-hybridized carbons (Fsp3) is 0.105. The van der Waals surface area contributed by atoms with Crippen LogP contribution in [0.3, 0.4) is 0 Å². The number of carbonyl (C=O) groups is 2. The minimum absolute atomic E-state index is 0.163. The normalized spacial score (nSPS) is 10.6. The molecule has 2 aromatic carbocycles. The van der Waals surface area contributed by atoms with Gasteiger partial charge >= 0.3 is 5.97 Å². The topological polar surface area (TPSA) is 91.2 Å². The lowest BCUT2D eigenvalue weighted by Crippen LogP contribution is -2.17. The number of anilines is 2. The number of nitrogens with one attached hydrogen (secondary N) is 2. The summed E-state index contributed by atoms with van der Waals surface area (Å²) >= 11 is 6.04. The number of esters is 1. The molecule has 0 spiro atoms. The van der Waals surface area contributed by atoms with Gasteiger partial charge in [-0.05, 0) is 36.8 Å². The predicted molar refractivity (Wildman–Crippen MR) is 99.9 cm³/mol. The second-order valence-electron chi connectivity index (χ2n) is 5.22. The summed E-state index contributed by atoms with van der Waals surface area (Å²) in [4.78, 5) is 24.1. The van der Waals surface area contributed by atoms with Gasteiger partial charge < -0.3 is 15.4 Å². The molecule has 0 heterocycles. The smallest absolute Gasteiger partial charge is 0.339 e. The van der Waals surface area contributed by atoms with Crippen molar-refractivity contribution in [3.8, 4) is 6.07 Å². The quantitative estimate of drug-likeness (QED) is 0.474. The zero-order chi connectivity index (χ0) is 19.1. The molecule has 2 N–H and O–H groups in total. The van der Waals surface area contributed by atoms with E-state index in [-0.39, 0.29) is 16.8 Å². The standard InChI is InChI=1S/C19H16ClN3O3/c1-12-15(20)7-5-9-16(12)22-11-13(10-21)18(24)23-17-8-4-3-6-14(17)19(25)26-2/h3-9,11,22H,1-2H3,(H,23,24)/b13-11-. The van der Waals surface area contributed by atoms with Crippen molar-refractivity contribution < 1.29 is 14.3 Å². The van der Waals surface area contributed by atoms with Crippen LogP contribution in [-0.4, -0.2) is 19.0 Å². The highest BCUT2D eigenvalue weighted by molar-refractivity contribution is 6.31. The number of hydrogen-bond acceptors (Lipinski definition) is 5. The van der Waals surface area contributed by atoms with Gasteiger partial charge in [0.05, 0.1) is 18.4 Å². The van der Waals surface area contributed by atoms with E-state index in [4.69, 9.17) is 11.6 Å². The van der Waals surface area contributed by atoms with Crippen molar-refractivity contribution in [2.24, 2.45) is 0 Å². The molecular formula is C19H16ClN3O3. The van der Waals surface area contributed by atoms with Gasteiger partial charge in [0.15, 0.2) is 0 Å². The maximum Gasteiger partial charge on any atom is 0.339 e. The Morgan fingerprint density at radius 1 is 1.15 bits per heavy atom. The maximum absolute atomic E-state index is 12.4. The molecule has 132 valence electrons. The van der Waals surface area contributed by atoms with Crippen molar-refractivity contribution in [3.63, 3.8) is 0 Å². The van der Waals surface area contributed by atoms with Gasteiger partial charge in [-0.15, -0.1) is 0 Å². The van der Waals surface area contributed by atoms with Crippen molar-refractivity contribution >= 4 is 34.9 Å². The highest BCUT2D eigenvalue weighted by atomic mass is 35.5. The third-order valence-electron chi connectivity index (χ3n) is 3.59. The van der Waals surface area contributed by atoms with Crippen LogP contribution in [0.4, 0.5) is 11.4 Å². The summed E-state index contributed by atoms with van der Waals surface area (Å²) in [6.45, 7) is 1.82. The Labute approximate surface area is 156 Å². The number of ether oxygens (including phenoxy) is 1. The monoisotopic (exact) mass is 369 g/mol. The third kappa shape index (κ3) is 4.41. The number of halogens is 1. The van der Waals surface area contributed by atoms with Gasteiger partial charge in [0.25, 0.3) is 5.91 Å². The Morgan fingerprint density at radius 2 is 1.85 bits per heavy atom. The summed E-state index contributed by atoms with van der Waals surface area (Å²) < 4.78 is 4.68. The molecule has 1 amide bonds. The van der Waals surface area contributed by atoms with Crippen LogP contribution in [0.2, 0.25) is 5.02 Å². The van der Waals surface area contributed by atoms with E-state index in [0.717, 1.165) is 5.56 Å². The second-order valence-corrected chi connectivity index (χ2v) is 5.63. The number of nitrogens with zero attached hydrogens (tertiary/aromatic N) is 1. The van der Waals surface area contributed by atoms with E-state index in [9.17, 15) is 14.9 Å². The third-order valence-corrected chi connectivity index (χ3v) is 3.99. The molecule has 2 rings (SSSR count). The van der Waals surface area contributed by atoms with E-state index in [1.807, 2.05) is 13.0 Å². The molecule has 0 radical (unpaired) electrons. The highest BCUT2D eigenvalue weighted by Gasteiger charge is 2.15. The minimum Gasteiger partial charge on any atom is -0.465 e. The van der Waals surface area contributed by atoms with E-state index < -0.39 is 11.9 Å². The molecule has 0 bridgehead atoms. The molecule has 0 aliphatic rings. The lowest BCUT2D eigenvalue weighted by molar-refractivity contribution is -0.112. The first-order chi connectivity index (χ1) is 12.5. The summed E-state index contributed by atoms with van der Waals surface area (Å²) in [6.07, 6.45) is 1.29. The van der Waals surface area contributed by atoms with Crippen LogP contribution in [0.15, 0.2) is 54.2 Å². The average molecular weight is 370 g/mol. The molecule has 0 aliphatic carbocycles. The van der Waals surface area contributed by atoms with Crippen LogP contribution >= 0.6 is 11.6 Å². The molecule has 7 heteroatoms. The van der Waals surface area contributed by atoms with Crippen molar-refractivity contribution in [2.75, 3.05) is 17.7 Å². The Morgan fingerprint density at radius 3 is 2.54 bits per heavy atom. The molecule has 0 aliphatic heterocycles. The molecule has 0 aromatic heterocycles. The van der Waals surface area contributed by atoms with Gasteiger partial charge in [-0.1, -0.05) is 29.8 Å². The van der Waals surface area contributed by atoms with Crippen molar-refractivity contribution in [1.82, 2.24) is 0 Å². The highest BCUT2D eigenvalue weighted by Crippen LogP contribution is 2.23. The average Bonchev–Trinajstić information content (AvgIpc) is 2.65. The Bertz CT molecular complexity index is 916. The lowest BCUT2D eigenvalue weighted by Gasteiger charge is -2.10. The molecule has 0 fully saturated rings. The summed E-state index contributed by atoms with van der Waals surface area (Å²) in [5, 5.41) is 15.3. The molecule has 0 unspecified atom stereocenters.